The highest BCUT2D eigenvalue weighted by atomic mass is 32.1. The molecule has 0 unspecified atom stereocenters. The number of aromatic nitrogens is 2. The monoisotopic (exact) mass is 280 g/mol. The molecule has 0 saturated heterocycles. The van der Waals surface area contributed by atoms with Crippen LogP contribution in [0.4, 0.5) is 0 Å². The van der Waals surface area contributed by atoms with Gasteiger partial charge in [0.25, 0.3) is 0 Å². The van der Waals surface area contributed by atoms with E-state index in [4.69, 9.17) is 0 Å². The van der Waals surface area contributed by atoms with Crippen LogP contribution >= 0.6 is 11.3 Å². The first-order valence-corrected chi connectivity index (χ1v) is 7.57. The number of thiazole rings is 1. The number of aryl methyl sites for hydroxylation is 2. The molecule has 0 saturated carbocycles. The highest BCUT2D eigenvalue weighted by Gasteiger charge is 2.08. The molecular formula is C17H16N2S. The van der Waals surface area contributed by atoms with Crippen LogP contribution in [0.25, 0.3) is 21.8 Å². The summed E-state index contributed by atoms with van der Waals surface area (Å²) < 4.78 is 0. The fourth-order valence-electron chi connectivity index (χ4n) is 2.18. The summed E-state index contributed by atoms with van der Waals surface area (Å²) in [5, 5.41) is 1.06. The van der Waals surface area contributed by atoms with Crippen LogP contribution in [0.3, 0.4) is 0 Å². The molecule has 2 heterocycles. The first-order valence-electron chi connectivity index (χ1n) is 6.76. The predicted molar refractivity (Wildman–Crippen MR) is 84.9 cm³/mol. The van der Waals surface area contributed by atoms with Gasteiger partial charge in [0.2, 0.25) is 0 Å². The van der Waals surface area contributed by atoms with Gasteiger partial charge in [-0.3, -0.25) is 4.98 Å². The first kappa shape index (κ1) is 13.0. The maximum absolute atomic E-state index is 4.68. The molecule has 0 aliphatic carbocycles. The fraction of sp³-hybridized carbons (Fsp3) is 0.176. The van der Waals surface area contributed by atoms with Crippen molar-refractivity contribution in [2.24, 2.45) is 0 Å². The Hall–Kier alpha value is -2.00. The first-order chi connectivity index (χ1) is 9.78. The van der Waals surface area contributed by atoms with Crippen LogP contribution in [0.15, 0.2) is 48.7 Å². The summed E-state index contributed by atoms with van der Waals surface area (Å²) in [5.74, 6) is 0. The Morgan fingerprint density at radius 2 is 1.80 bits per heavy atom. The van der Waals surface area contributed by atoms with Gasteiger partial charge in [0.1, 0.15) is 5.01 Å². The van der Waals surface area contributed by atoms with E-state index < -0.39 is 0 Å². The molecule has 3 heteroatoms. The zero-order valence-corrected chi connectivity index (χ0v) is 12.4. The Bertz CT molecular complexity index is 700. The Kier molecular flexibility index (Phi) is 3.61. The lowest BCUT2D eigenvalue weighted by molar-refractivity contribution is 1.05. The molecule has 0 radical (unpaired) electrons. The predicted octanol–water partition coefficient (Wildman–Crippen LogP) is 4.74. The summed E-state index contributed by atoms with van der Waals surface area (Å²) in [4.78, 5) is 10.5. The van der Waals surface area contributed by atoms with Crippen molar-refractivity contribution in [2.45, 2.75) is 20.3 Å². The summed E-state index contributed by atoms with van der Waals surface area (Å²) >= 11 is 1.74. The zero-order chi connectivity index (χ0) is 13.9. The lowest BCUT2D eigenvalue weighted by Crippen LogP contribution is -1.85. The summed E-state index contributed by atoms with van der Waals surface area (Å²) in [6, 6.07) is 14.4. The van der Waals surface area contributed by atoms with Gasteiger partial charge >= 0.3 is 0 Å². The normalized spacial score (nSPS) is 10.7. The summed E-state index contributed by atoms with van der Waals surface area (Å²) in [6.45, 7) is 4.27. The molecule has 0 bridgehead atoms. The third kappa shape index (κ3) is 2.49. The molecule has 2 aromatic heterocycles. The highest BCUT2D eigenvalue weighted by molar-refractivity contribution is 7.15. The van der Waals surface area contributed by atoms with Gasteiger partial charge in [-0.1, -0.05) is 37.3 Å². The standard InChI is InChI=1S/C17H16N2S/c1-3-15-12(2)20-17(19-15)14-9-10-16(18-11-14)13-7-5-4-6-8-13/h4-11H,3H2,1-2H3. The van der Waals surface area contributed by atoms with Crippen LogP contribution in [0.1, 0.15) is 17.5 Å². The second kappa shape index (κ2) is 5.55. The lowest BCUT2D eigenvalue weighted by atomic mass is 10.1. The summed E-state index contributed by atoms with van der Waals surface area (Å²) in [6.07, 6.45) is 2.90. The Balaban J connectivity index is 1.93. The molecule has 0 atom stereocenters. The van der Waals surface area contributed by atoms with Crippen molar-refractivity contribution in [1.82, 2.24) is 9.97 Å². The lowest BCUT2D eigenvalue weighted by Gasteiger charge is -2.01. The quantitative estimate of drug-likeness (QED) is 0.692. The van der Waals surface area contributed by atoms with Crippen molar-refractivity contribution >= 4 is 11.3 Å². The van der Waals surface area contributed by atoms with Crippen molar-refractivity contribution in [3.8, 4) is 21.8 Å². The molecule has 0 fully saturated rings. The minimum atomic E-state index is 0.984. The number of hydrogen-bond acceptors (Lipinski definition) is 3. The SMILES string of the molecule is CCc1nc(-c2ccc(-c3ccccc3)nc2)sc1C. The van der Waals surface area contributed by atoms with Crippen molar-refractivity contribution in [2.75, 3.05) is 0 Å². The van der Waals surface area contributed by atoms with Crippen LogP contribution in [0.2, 0.25) is 0 Å². The van der Waals surface area contributed by atoms with E-state index in [1.807, 2.05) is 24.4 Å². The van der Waals surface area contributed by atoms with E-state index in [2.05, 4.69) is 48.1 Å². The molecule has 0 aliphatic heterocycles. The van der Waals surface area contributed by atoms with E-state index >= 15 is 0 Å². The van der Waals surface area contributed by atoms with E-state index in [0.29, 0.717) is 0 Å². The second-order valence-electron chi connectivity index (χ2n) is 4.67. The van der Waals surface area contributed by atoms with Gasteiger partial charge in [-0.15, -0.1) is 11.3 Å². The molecule has 20 heavy (non-hydrogen) atoms. The van der Waals surface area contributed by atoms with E-state index in [1.54, 1.807) is 11.3 Å². The number of rotatable bonds is 3. The molecule has 2 nitrogen and oxygen atoms in total. The average Bonchev–Trinajstić information content (AvgIpc) is 2.89. The van der Waals surface area contributed by atoms with E-state index in [1.165, 1.54) is 10.6 Å². The maximum Gasteiger partial charge on any atom is 0.125 e. The van der Waals surface area contributed by atoms with Crippen LogP contribution in [0, 0.1) is 6.92 Å². The smallest absolute Gasteiger partial charge is 0.125 e. The van der Waals surface area contributed by atoms with Gasteiger partial charge < -0.3 is 0 Å². The largest absolute Gasteiger partial charge is 0.256 e. The van der Waals surface area contributed by atoms with Crippen molar-refractivity contribution in [3.05, 3.63) is 59.2 Å². The Morgan fingerprint density at radius 3 is 2.40 bits per heavy atom. The molecular weight excluding hydrogens is 264 g/mol. The summed E-state index contributed by atoms with van der Waals surface area (Å²) in [7, 11) is 0. The maximum atomic E-state index is 4.68. The van der Waals surface area contributed by atoms with Crippen LogP contribution < -0.4 is 0 Å². The average molecular weight is 280 g/mol. The Morgan fingerprint density at radius 1 is 1.00 bits per heavy atom. The third-order valence-corrected chi connectivity index (χ3v) is 4.37. The molecule has 0 aliphatic rings. The molecule has 3 aromatic rings. The molecule has 0 N–H and O–H groups in total. The minimum Gasteiger partial charge on any atom is -0.256 e. The third-order valence-electron chi connectivity index (χ3n) is 3.31. The molecule has 0 spiro atoms. The fourth-order valence-corrected chi connectivity index (χ4v) is 3.17. The zero-order valence-electron chi connectivity index (χ0n) is 11.6. The molecule has 1 aromatic carbocycles. The van der Waals surface area contributed by atoms with Crippen LogP contribution in [-0.2, 0) is 6.42 Å². The molecule has 0 amide bonds. The second-order valence-corrected chi connectivity index (χ2v) is 5.88. The van der Waals surface area contributed by atoms with E-state index in [9.17, 15) is 0 Å². The summed E-state index contributed by atoms with van der Waals surface area (Å²) in [5.41, 5.74) is 4.43. The minimum absolute atomic E-state index is 0.984. The van der Waals surface area contributed by atoms with E-state index in [-0.39, 0.29) is 0 Å². The van der Waals surface area contributed by atoms with Crippen LogP contribution in [-0.4, -0.2) is 9.97 Å². The highest BCUT2D eigenvalue weighted by Crippen LogP contribution is 2.28. The number of benzene rings is 1. The molecule has 100 valence electrons. The topological polar surface area (TPSA) is 25.8 Å². The van der Waals surface area contributed by atoms with Crippen molar-refractivity contribution < 1.29 is 0 Å². The van der Waals surface area contributed by atoms with Gasteiger partial charge in [0.15, 0.2) is 0 Å². The Labute approximate surface area is 123 Å². The number of nitrogens with zero attached hydrogens (tertiary/aromatic N) is 2. The van der Waals surface area contributed by atoms with Gasteiger partial charge in [-0.25, -0.2) is 4.98 Å². The van der Waals surface area contributed by atoms with Gasteiger partial charge in [-0.2, -0.15) is 0 Å². The number of hydrogen-bond donors (Lipinski definition) is 0. The van der Waals surface area contributed by atoms with Crippen molar-refractivity contribution in [1.29, 1.82) is 0 Å². The van der Waals surface area contributed by atoms with Crippen LogP contribution in [0.5, 0.6) is 0 Å². The van der Waals surface area contributed by atoms with E-state index in [0.717, 1.165) is 28.2 Å². The van der Waals surface area contributed by atoms with Gasteiger partial charge in [0, 0.05) is 22.2 Å². The number of pyridine rings is 1. The van der Waals surface area contributed by atoms with Gasteiger partial charge in [-0.05, 0) is 25.5 Å². The van der Waals surface area contributed by atoms with Gasteiger partial charge in [0.05, 0.1) is 11.4 Å². The van der Waals surface area contributed by atoms with Crippen molar-refractivity contribution in [3.63, 3.8) is 0 Å². The molecule has 3 rings (SSSR count).